The Kier molecular flexibility index (Phi) is 7.32. The summed E-state index contributed by atoms with van der Waals surface area (Å²) < 4.78 is 16.3. The van der Waals surface area contributed by atoms with Crippen LogP contribution in [0, 0.1) is 24.0 Å². The van der Waals surface area contributed by atoms with Crippen LogP contribution in [0.15, 0.2) is 36.7 Å². The van der Waals surface area contributed by atoms with Gasteiger partial charge >= 0.3 is 11.6 Å². The molecular weight excluding hydrogens is 436 g/mol. The first kappa shape index (κ1) is 23.1. The highest BCUT2D eigenvalue weighted by molar-refractivity contribution is 6.32. The summed E-state index contributed by atoms with van der Waals surface area (Å²) >= 11 is 6.19. The van der Waals surface area contributed by atoms with Crippen LogP contribution in [0.3, 0.4) is 0 Å². The van der Waals surface area contributed by atoms with Crippen LogP contribution in [0.2, 0.25) is 5.02 Å². The topological polar surface area (TPSA) is 109 Å². The highest BCUT2D eigenvalue weighted by Gasteiger charge is 2.25. The number of methoxy groups -OCH3 is 2. The highest BCUT2D eigenvalue weighted by Crippen LogP contribution is 2.36. The number of hydrogen-bond donors (Lipinski definition) is 1. The van der Waals surface area contributed by atoms with Crippen molar-refractivity contribution in [1.82, 2.24) is 9.97 Å². The van der Waals surface area contributed by atoms with E-state index in [2.05, 4.69) is 15.3 Å². The zero-order valence-electron chi connectivity index (χ0n) is 18.1. The van der Waals surface area contributed by atoms with Gasteiger partial charge in [0.05, 0.1) is 19.1 Å². The molecule has 0 radical (unpaired) electrons. The van der Waals surface area contributed by atoms with Gasteiger partial charge in [-0.15, -0.1) is 0 Å². The van der Waals surface area contributed by atoms with Crippen LogP contribution >= 0.6 is 11.6 Å². The third-order valence-corrected chi connectivity index (χ3v) is 5.35. The first-order chi connectivity index (χ1) is 15.3. The molecule has 3 rings (SSSR count). The maximum absolute atomic E-state index is 11.8. The molecule has 0 spiro atoms. The lowest BCUT2D eigenvalue weighted by molar-refractivity contribution is -0.385. The SMILES string of the molecule is COc1ccc(CCNc2ncnc(Oc3cc(C)c(Cl)c(C)c3)c2[N+](=O)[O-])cc1OC. The molecule has 0 bridgehead atoms. The van der Waals surface area contributed by atoms with Gasteiger partial charge in [0, 0.05) is 11.6 Å². The molecule has 0 saturated carbocycles. The maximum atomic E-state index is 11.8. The van der Waals surface area contributed by atoms with E-state index in [-0.39, 0.29) is 17.4 Å². The molecule has 9 nitrogen and oxygen atoms in total. The van der Waals surface area contributed by atoms with Gasteiger partial charge in [-0.05, 0) is 61.2 Å². The molecule has 32 heavy (non-hydrogen) atoms. The van der Waals surface area contributed by atoms with Crippen molar-refractivity contribution < 1.29 is 19.1 Å². The summed E-state index contributed by atoms with van der Waals surface area (Å²) in [6.45, 7) is 4.06. The molecule has 0 saturated heterocycles. The number of aryl methyl sites for hydroxylation is 2. The largest absolute Gasteiger partial charge is 0.493 e. The second-order valence-corrected chi connectivity index (χ2v) is 7.35. The van der Waals surface area contributed by atoms with E-state index in [1.165, 1.54) is 6.33 Å². The van der Waals surface area contributed by atoms with Gasteiger partial charge in [0.1, 0.15) is 12.1 Å². The van der Waals surface area contributed by atoms with Crippen LogP contribution < -0.4 is 19.5 Å². The summed E-state index contributed by atoms with van der Waals surface area (Å²) in [5.74, 6) is 1.57. The number of benzene rings is 2. The molecule has 0 atom stereocenters. The number of aromatic nitrogens is 2. The maximum Gasteiger partial charge on any atom is 0.373 e. The fraction of sp³-hybridized carbons (Fsp3) is 0.273. The molecule has 0 aliphatic carbocycles. The first-order valence-electron chi connectivity index (χ1n) is 9.72. The lowest BCUT2D eigenvalue weighted by atomic mass is 10.1. The van der Waals surface area contributed by atoms with Crippen molar-refractivity contribution in [2.75, 3.05) is 26.1 Å². The van der Waals surface area contributed by atoms with E-state index in [1.807, 2.05) is 32.0 Å². The Bertz CT molecular complexity index is 1120. The third-order valence-electron chi connectivity index (χ3n) is 4.75. The van der Waals surface area contributed by atoms with E-state index in [9.17, 15) is 10.1 Å². The van der Waals surface area contributed by atoms with E-state index in [4.69, 9.17) is 25.8 Å². The Labute approximate surface area is 190 Å². The Hall–Kier alpha value is -3.59. The molecule has 2 aromatic carbocycles. The minimum atomic E-state index is -0.566. The molecule has 0 fully saturated rings. The minimum absolute atomic E-state index is 0.0721. The normalized spacial score (nSPS) is 10.5. The molecular formula is C22H23ClN4O5. The van der Waals surface area contributed by atoms with Crippen LogP contribution in [-0.4, -0.2) is 35.7 Å². The van der Waals surface area contributed by atoms with Crippen LogP contribution in [0.5, 0.6) is 23.1 Å². The second kappa shape index (κ2) is 10.1. The molecule has 0 unspecified atom stereocenters. The van der Waals surface area contributed by atoms with Gasteiger partial charge in [-0.3, -0.25) is 10.1 Å². The lowest BCUT2D eigenvalue weighted by Gasteiger charge is -2.12. The van der Waals surface area contributed by atoms with Crippen molar-refractivity contribution in [3.8, 4) is 23.1 Å². The van der Waals surface area contributed by atoms with Crippen molar-refractivity contribution >= 4 is 23.1 Å². The summed E-state index contributed by atoms with van der Waals surface area (Å²) in [6, 6.07) is 8.96. The van der Waals surface area contributed by atoms with Gasteiger partial charge in [0.2, 0.25) is 5.82 Å². The standard InChI is InChI=1S/C22H23ClN4O5/c1-13-9-16(10-14(2)19(13)23)32-22-20(27(28)29)21(25-12-26-22)24-8-7-15-5-6-17(30-3)18(11-15)31-4/h5-6,9-12H,7-8H2,1-4H3,(H,24,25,26). The van der Waals surface area contributed by atoms with E-state index in [0.717, 1.165) is 16.7 Å². The van der Waals surface area contributed by atoms with Gasteiger partial charge in [-0.25, -0.2) is 4.98 Å². The van der Waals surface area contributed by atoms with Crippen molar-refractivity contribution in [2.45, 2.75) is 20.3 Å². The Morgan fingerprint density at radius 2 is 1.75 bits per heavy atom. The second-order valence-electron chi connectivity index (χ2n) is 6.97. The Morgan fingerprint density at radius 3 is 2.38 bits per heavy atom. The Morgan fingerprint density at radius 1 is 1.06 bits per heavy atom. The smallest absolute Gasteiger partial charge is 0.373 e. The molecule has 1 heterocycles. The average Bonchev–Trinajstić information content (AvgIpc) is 2.77. The fourth-order valence-electron chi connectivity index (χ4n) is 3.17. The van der Waals surface area contributed by atoms with Crippen LogP contribution in [0.25, 0.3) is 0 Å². The molecule has 1 aromatic heterocycles. The molecule has 1 N–H and O–H groups in total. The summed E-state index contributed by atoms with van der Waals surface area (Å²) in [5.41, 5.74) is 2.22. The number of halogens is 1. The summed E-state index contributed by atoms with van der Waals surface area (Å²) in [5, 5.41) is 15.4. The summed E-state index contributed by atoms with van der Waals surface area (Å²) in [7, 11) is 3.13. The van der Waals surface area contributed by atoms with Gasteiger partial charge in [0.25, 0.3) is 0 Å². The highest BCUT2D eigenvalue weighted by atomic mass is 35.5. The number of nitrogens with zero attached hydrogens (tertiary/aromatic N) is 3. The predicted octanol–water partition coefficient (Wildman–Crippen LogP) is 5.12. The molecule has 168 valence electrons. The van der Waals surface area contributed by atoms with E-state index in [0.29, 0.717) is 35.2 Å². The quantitative estimate of drug-likeness (QED) is 0.347. The summed E-state index contributed by atoms with van der Waals surface area (Å²) in [6.07, 6.45) is 1.80. The number of anilines is 1. The minimum Gasteiger partial charge on any atom is -0.493 e. The monoisotopic (exact) mass is 458 g/mol. The average molecular weight is 459 g/mol. The fourth-order valence-corrected chi connectivity index (χ4v) is 3.28. The van der Waals surface area contributed by atoms with Gasteiger partial charge < -0.3 is 19.5 Å². The van der Waals surface area contributed by atoms with Crippen LogP contribution in [0.1, 0.15) is 16.7 Å². The van der Waals surface area contributed by atoms with E-state index < -0.39 is 4.92 Å². The van der Waals surface area contributed by atoms with Crippen LogP contribution in [-0.2, 0) is 6.42 Å². The third kappa shape index (κ3) is 5.17. The van der Waals surface area contributed by atoms with Gasteiger partial charge in [-0.1, -0.05) is 17.7 Å². The number of ether oxygens (including phenoxy) is 3. The van der Waals surface area contributed by atoms with Crippen LogP contribution in [0.4, 0.5) is 11.5 Å². The van der Waals surface area contributed by atoms with Gasteiger partial charge in [0.15, 0.2) is 11.5 Å². The zero-order valence-corrected chi connectivity index (χ0v) is 18.9. The number of hydrogen-bond acceptors (Lipinski definition) is 8. The predicted molar refractivity (Wildman–Crippen MR) is 121 cm³/mol. The molecule has 10 heteroatoms. The number of rotatable bonds is 9. The number of nitro groups is 1. The van der Waals surface area contributed by atoms with Crippen molar-refractivity contribution in [2.24, 2.45) is 0 Å². The summed E-state index contributed by atoms with van der Waals surface area (Å²) in [4.78, 5) is 19.2. The molecule has 0 aliphatic heterocycles. The molecule has 3 aromatic rings. The van der Waals surface area contributed by atoms with Crippen molar-refractivity contribution in [3.05, 3.63) is 68.5 Å². The Balaban J connectivity index is 1.78. The molecule has 0 amide bonds. The van der Waals surface area contributed by atoms with E-state index >= 15 is 0 Å². The molecule has 0 aliphatic rings. The van der Waals surface area contributed by atoms with Gasteiger partial charge in [-0.2, -0.15) is 4.98 Å². The van der Waals surface area contributed by atoms with E-state index in [1.54, 1.807) is 26.4 Å². The zero-order chi connectivity index (χ0) is 23.3. The first-order valence-corrected chi connectivity index (χ1v) is 10.1. The lowest BCUT2D eigenvalue weighted by Crippen LogP contribution is -2.10. The number of nitrogens with one attached hydrogen (secondary N) is 1. The van der Waals surface area contributed by atoms with Crippen molar-refractivity contribution in [1.29, 1.82) is 0 Å². The van der Waals surface area contributed by atoms with Crippen molar-refractivity contribution in [3.63, 3.8) is 0 Å².